The Morgan fingerprint density at radius 3 is 2.95 bits per heavy atom. The van der Waals surface area contributed by atoms with Crippen LogP contribution in [-0.4, -0.2) is 17.1 Å². The molecule has 0 bridgehead atoms. The molecule has 0 unspecified atom stereocenters. The number of ether oxygens (including phenoxy) is 1. The lowest BCUT2D eigenvalue weighted by Gasteiger charge is -2.10. The quantitative estimate of drug-likeness (QED) is 0.559. The van der Waals surface area contributed by atoms with E-state index in [1.807, 2.05) is 31.2 Å². The molecule has 0 fully saturated rings. The zero-order chi connectivity index (χ0) is 13.7. The molecule has 2 rings (SSSR count). The van der Waals surface area contributed by atoms with Crippen LogP contribution in [0.4, 0.5) is 11.8 Å². The van der Waals surface area contributed by atoms with Crippen LogP contribution in [0.3, 0.4) is 0 Å². The molecule has 1 heterocycles. The topological polar surface area (TPSA) is 85.1 Å². The summed E-state index contributed by atoms with van der Waals surface area (Å²) in [5.74, 6) is 7.27. The van der Waals surface area contributed by atoms with Crippen molar-refractivity contribution < 1.29 is 4.74 Å². The van der Waals surface area contributed by atoms with Gasteiger partial charge in [0, 0.05) is 18.3 Å². The molecule has 0 spiro atoms. The lowest BCUT2D eigenvalue weighted by Crippen LogP contribution is -2.12. The maximum absolute atomic E-state index is 5.29. The lowest BCUT2D eigenvalue weighted by atomic mass is 10.2. The Kier molecular flexibility index (Phi) is 4.15. The molecule has 0 atom stereocenters. The van der Waals surface area contributed by atoms with E-state index in [2.05, 4.69) is 20.7 Å². The molecular weight excluding hydrogens is 242 g/mol. The van der Waals surface area contributed by atoms with Gasteiger partial charge in [0.2, 0.25) is 5.95 Å². The van der Waals surface area contributed by atoms with E-state index in [4.69, 9.17) is 10.6 Å². The van der Waals surface area contributed by atoms with E-state index in [0.717, 1.165) is 22.7 Å². The molecule has 0 aliphatic rings. The molecule has 6 heteroatoms. The van der Waals surface area contributed by atoms with Crippen molar-refractivity contribution in [2.24, 2.45) is 5.84 Å². The lowest BCUT2D eigenvalue weighted by molar-refractivity contribution is 0.414. The second kappa shape index (κ2) is 6.01. The molecule has 19 heavy (non-hydrogen) atoms. The molecule has 100 valence electrons. The number of aryl methyl sites for hydroxylation is 1. The van der Waals surface area contributed by atoms with Crippen molar-refractivity contribution in [2.45, 2.75) is 13.5 Å². The molecule has 4 N–H and O–H groups in total. The normalized spacial score (nSPS) is 10.1. The number of nitrogens with zero attached hydrogens (tertiary/aromatic N) is 2. The van der Waals surface area contributed by atoms with E-state index in [-0.39, 0.29) is 0 Å². The SMILES string of the molecule is COc1cccc(CNc2nc(NN)ncc2C)c1. The second-order valence-corrected chi connectivity index (χ2v) is 4.07. The first kappa shape index (κ1) is 13.1. The predicted octanol–water partition coefficient (Wildman–Crippen LogP) is 1.69. The van der Waals surface area contributed by atoms with E-state index in [1.54, 1.807) is 13.3 Å². The van der Waals surface area contributed by atoms with Crippen LogP contribution in [0.15, 0.2) is 30.5 Å². The van der Waals surface area contributed by atoms with Gasteiger partial charge in [0.1, 0.15) is 11.6 Å². The summed E-state index contributed by atoms with van der Waals surface area (Å²) < 4.78 is 5.19. The largest absolute Gasteiger partial charge is 0.497 e. The maximum Gasteiger partial charge on any atom is 0.239 e. The van der Waals surface area contributed by atoms with Gasteiger partial charge in [-0.15, -0.1) is 0 Å². The van der Waals surface area contributed by atoms with Crippen molar-refractivity contribution in [3.05, 3.63) is 41.6 Å². The number of aromatic nitrogens is 2. The predicted molar refractivity (Wildman–Crippen MR) is 74.9 cm³/mol. The van der Waals surface area contributed by atoms with Crippen molar-refractivity contribution in [3.63, 3.8) is 0 Å². The monoisotopic (exact) mass is 259 g/mol. The third-order valence-electron chi connectivity index (χ3n) is 2.69. The third-order valence-corrected chi connectivity index (χ3v) is 2.69. The molecule has 0 aliphatic carbocycles. The number of hydrogen-bond donors (Lipinski definition) is 3. The molecule has 0 amide bonds. The Morgan fingerprint density at radius 2 is 2.21 bits per heavy atom. The van der Waals surface area contributed by atoms with Gasteiger partial charge in [-0.05, 0) is 24.6 Å². The van der Waals surface area contributed by atoms with Gasteiger partial charge in [0.05, 0.1) is 7.11 Å². The molecular formula is C13H17N5O. The summed E-state index contributed by atoms with van der Waals surface area (Å²) in [6.45, 7) is 2.59. The van der Waals surface area contributed by atoms with Gasteiger partial charge in [-0.25, -0.2) is 10.8 Å². The summed E-state index contributed by atoms with van der Waals surface area (Å²) in [5, 5.41) is 3.25. The minimum atomic E-state index is 0.388. The number of nitrogens with two attached hydrogens (primary N) is 1. The molecule has 1 aromatic heterocycles. The molecule has 0 saturated heterocycles. The van der Waals surface area contributed by atoms with Crippen LogP contribution in [0, 0.1) is 6.92 Å². The number of methoxy groups -OCH3 is 1. The summed E-state index contributed by atoms with van der Waals surface area (Å²) in [6.07, 6.45) is 1.72. The Balaban J connectivity index is 2.09. The number of anilines is 2. The number of hydrogen-bond acceptors (Lipinski definition) is 6. The van der Waals surface area contributed by atoms with Crippen LogP contribution in [0.5, 0.6) is 5.75 Å². The van der Waals surface area contributed by atoms with E-state index in [0.29, 0.717) is 12.5 Å². The summed E-state index contributed by atoms with van der Waals surface area (Å²) in [5.41, 5.74) is 4.50. The van der Waals surface area contributed by atoms with Crippen LogP contribution < -0.4 is 21.3 Å². The number of hydrazine groups is 1. The van der Waals surface area contributed by atoms with E-state index in [1.165, 1.54) is 0 Å². The van der Waals surface area contributed by atoms with Gasteiger partial charge in [-0.1, -0.05) is 12.1 Å². The van der Waals surface area contributed by atoms with E-state index < -0.39 is 0 Å². The van der Waals surface area contributed by atoms with E-state index in [9.17, 15) is 0 Å². The van der Waals surface area contributed by atoms with Crippen LogP contribution in [-0.2, 0) is 6.54 Å². The fourth-order valence-electron chi connectivity index (χ4n) is 1.66. The summed E-state index contributed by atoms with van der Waals surface area (Å²) in [7, 11) is 1.65. The minimum Gasteiger partial charge on any atom is -0.497 e. The van der Waals surface area contributed by atoms with Gasteiger partial charge >= 0.3 is 0 Å². The second-order valence-electron chi connectivity index (χ2n) is 4.07. The van der Waals surface area contributed by atoms with Crippen molar-refractivity contribution in [1.29, 1.82) is 0 Å². The Labute approximate surface area is 112 Å². The van der Waals surface area contributed by atoms with Crippen LogP contribution in [0.1, 0.15) is 11.1 Å². The van der Waals surface area contributed by atoms with Crippen LogP contribution in [0.2, 0.25) is 0 Å². The van der Waals surface area contributed by atoms with Crippen molar-refractivity contribution >= 4 is 11.8 Å². The fraction of sp³-hybridized carbons (Fsp3) is 0.231. The highest BCUT2D eigenvalue weighted by molar-refractivity contribution is 5.46. The fourth-order valence-corrected chi connectivity index (χ4v) is 1.66. The van der Waals surface area contributed by atoms with Gasteiger partial charge in [0.25, 0.3) is 0 Å². The standard InChI is InChI=1S/C13H17N5O/c1-9-7-16-13(18-14)17-12(9)15-8-10-4-3-5-11(6-10)19-2/h3-7H,8,14H2,1-2H3,(H2,15,16,17,18). The molecule has 0 saturated carbocycles. The first-order chi connectivity index (χ1) is 9.22. The van der Waals surface area contributed by atoms with Crippen molar-refractivity contribution in [3.8, 4) is 5.75 Å². The van der Waals surface area contributed by atoms with Gasteiger partial charge in [-0.2, -0.15) is 4.98 Å². The number of rotatable bonds is 5. The van der Waals surface area contributed by atoms with Gasteiger partial charge < -0.3 is 10.1 Å². The average Bonchev–Trinajstić information content (AvgIpc) is 2.46. The highest BCUT2D eigenvalue weighted by Crippen LogP contribution is 2.16. The molecule has 0 radical (unpaired) electrons. The smallest absolute Gasteiger partial charge is 0.239 e. The Hall–Kier alpha value is -2.34. The zero-order valence-corrected chi connectivity index (χ0v) is 11.0. The number of nitrogens with one attached hydrogen (secondary N) is 2. The first-order valence-electron chi connectivity index (χ1n) is 5.90. The van der Waals surface area contributed by atoms with Crippen LogP contribution >= 0.6 is 0 Å². The average molecular weight is 259 g/mol. The van der Waals surface area contributed by atoms with Gasteiger partial charge in [0.15, 0.2) is 0 Å². The third kappa shape index (κ3) is 3.32. The molecule has 1 aromatic carbocycles. The highest BCUT2D eigenvalue weighted by Gasteiger charge is 2.03. The van der Waals surface area contributed by atoms with Crippen LogP contribution in [0.25, 0.3) is 0 Å². The summed E-state index contributed by atoms with van der Waals surface area (Å²) in [6, 6.07) is 7.87. The van der Waals surface area contributed by atoms with Gasteiger partial charge in [-0.3, -0.25) is 5.43 Å². The van der Waals surface area contributed by atoms with E-state index >= 15 is 0 Å². The molecule has 6 nitrogen and oxygen atoms in total. The minimum absolute atomic E-state index is 0.388. The maximum atomic E-state index is 5.29. The summed E-state index contributed by atoms with van der Waals surface area (Å²) in [4.78, 5) is 8.29. The number of nitrogen functional groups attached to an aromatic ring is 1. The summed E-state index contributed by atoms with van der Waals surface area (Å²) >= 11 is 0. The molecule has 0 aliphatic heterocycles. The van der Waals surface area contributed by atoms with Crippen molar-refractivity contribution in [1.82, 2.24) is 9.97 Å². The zero-order valence-electron chi connectivity index (χ0n) is 11.0. The number of benzene rings is 1. The molecule has 2 aromatic rings. The Bertz CT molecular complexity index is 558. The Morgan fingerprint density at radius 1 is 1.37 bits per heavy atom. The first-order valence-corrected chi connectivity index (χ1v) is 5.90. The highest BCUT2D eigenvalue weighted by atomic mass is 16.5. The van der Waals surface area contributed by atoms with Crippen molar-refractivity contribution in [2.75, 3.05) is 17.9 Å².